The zero-order valence-corrected chi connectivity index (χ0v) is 26.3. The van der Waals surface area contributed by atoms with E-state index in [-0.39, 0.29) is 24.4 Å². The predicted octanol–water partition coefficient (Wildman–Crippen LogP) is 6.42. The van der Waals surface area contributed by atoms with Crippen LogP contribution in [0.25, 0.3) is 0 Å². The van der Waals surface area contributed by atoms with Gasteiger partial charge in [0.15, 0.2) is 0 Å². The number of nitrogens with one attached hydrogen (secondary N) is 2. The molecule has 1 fully saturated rings. The van der Waals surface area contributed by atoms with E-state index in [9.17, 15) is 32.2 Å². The maximum atomic E-state index is 13.8. The zero-order valence-electron chi connectivity index (χ0n) is 25.5. The SMILES string of the molecule is CCCc1cc(C(=O)N[C@@H](Cc2ccccc2)[C@@H](O)CNCc2cccc(C(F)(F)F)c2)cc(N2CCCCS2(O)O)c1OC. The van der Waals surface area contributed by atoms with Crippen molar-refractivity contribution >= 4 is 22.4 Å². The number of methoxy groups -OCH3 is 1. The fourth-order valence-electron chi connectivity index (χ4n) is 5.53. The van der Waals surface area contributed by atoms with Gasteiger partial charge in [0.25, 0.3) is 5.91 Å². The molecule has 2 atom stereocenters. The van der Waals surface area contributed by atoms with Crippen molar-refractivity contribution in [1.82, 2.24) is 10.6 Å². The molecule has 0 spiro atoms. The minimum absolute atomic E-state index is 0.0116. The Hall–Kier alpha value is -3.29. The van der Waals surface area contributed by atoms with E-state index in [1.807, 2.05) is 37.3 Å². The molecule has 0 aromatic heterocycles. The summed E-state index contributed by atoms with van der Waals surface area (Å²) < 4.78 is 68.4. The van der Waals surface area contributed by atoms with Gasteiger partial charge in [-0.15, -0.1) is 10.8 Å². The van der Waals surface area contributed by atoms with Crippen molar-refractivity contribution in [3.05, 3.63) is 94.5 Å². The molecular weight excluding hydrogens is 607 g/mol. The van der Waals surface area contributed by atoms with Crippen LogP contribution >= 0.6 is 10.8 Å². The van der Waals surface area contributed by atoms with Gasteiger partial charge in [0, 0.05) is 25.2 Å². The van der Waals surface area contributed by atoms with Gasteiger partial charge in [0.2, 0.25) is 0 Å². The van der Waals surface area contributed by atoms with E-state index in [1.165, 1.54) is 13.2 Å². The molecule has 3 aromatic carbocycles. The van der Waals surface area contributed by atoms with Crippen LogP contribution in [0.3, 0.4) is 0 Å². The van der Waals surface area contributed by atoms with Gasteiger partial charge in [-0.25, -0.2) is 0 Å². The first-order chi connectivity index (χ1) is 21.4. The number of carbonyl (C=O) groups is 1. The average Bonchev–Trinajstić information content (AvgIpc) is 3.00. The molecule has 12 heteroatoms. The third-order valence-electron chi connectivity index (χ3n) is 7.80. The van der Waals surface area contributed by atoms with Crippen LogP contribution in [0.1, 0.15) is 58.8 Å². The second kappa shape index (κ2) is 15.3. The largest absolute Gasteiger partial charge is 0.494 e. The molecule has 8 nitrogen and oxygen atoms in total. The van der Waals surface area contributed by atoms with Gasteiger partial charge >= 0.3 is 6.18 Å². The topological polar surface area (TPSA) is 114 Å². The van der Waals surface area contributed by atoms with Crippen LogP contribution in [0.2, 0.25) is 0 Å². The number of ether oxygens (including phenoxy) is 1. The van der Waals surface area contributed by atoms with E-state index in [0.717, 1.165) is 36.1 Å². The van der Waals surface area contributed by atoms with Crippen LogP contribution in [0.5, 0.6) is 5.75 Å². The number of alkyl halides is 3. The van der Waals surface area contributed by atoms with Crippen molar-refractivity contribution in [3.63, 3.8) is 0 Å². The fraction of sp³-hybridized carbons (Fsp3) is 0.424. The lowest BCUT2D eigenvalue weighted by Crippen LogP contribution is -2.48. The van der Waals surface area contributed by atoms with Crippen LogP contribution in [-0.4, -0.2) is 58.2 Å². The number of amides is 1. The first-order valence-electron chi connectivity index (χ1n) is 15.1. The Balaban J connectivity index is 1.57. The smallest absolute Gasteiger partial charge is 0.416 e. The van der Waals surface area contributed by atoms with Crippen LogP contribution < -0.4 is 19.7 Å². The molecule has 45 heavy (non-hydrogen) atoms. The number of nitrogens with zero attached hydrogens (tertiary/aromatic N) is 1. The Morgan fingerprint density at radius 3 is 2.44 bits per heavy atom. The summed E-state index contributed by atoms with van der Waals surface area (Å²) in [6, 6.07) is 16.9. The van der Waals surface area contributed by atoms with Crippen molar-refractivity contribution in [2.75, 3.05) is 30.3 Å². The summed E-state index contributed by atoms with van der Waals surface area (Å²) in [4.78, 5) is 13.8. The lowest BCUT2D eigenvalue weighted by molar-refractivity contribution is -0.137. The molecular formula is C33H42F3N3O5S. The minimum Gasteiger partial charge on any atom is -0.494 e. The van der Waals surface area contributed by atoms with Crippen molar-refractivity contribution in [2.45, 2.75) is 63.9 Å². The molecule has 1 aliphatic heterocycles. The molecule has 5 N–H and O–H groups in total. The highest BCUT2D eigenvalue weighted by atomic mass is 32.3. The lowest BCUT2D eigenvalue weighted by Gasteiger charge is -2.48. The Bertz CT molecular complexity index is 1420. The number of anilines is 1. The monoisotopic (exact) mass is 649 g/mol. The standard InChI is InChI=1S/C33H42F3N3O5S/c1-3-10-25-19-26(20-29(31(25)44-2)39-15-7-8-16-45(39,42)43)32(41)38-28(18-23-11-5-4-6-12-23)30(40)22-37-21-24-13-9-14-27(17-24)33(34,35)36/h4-6,9,11-14,17,19-20,28,30,37,40,42-43H,3,7-8,10,15-16,18,21-22H2,1-2H3,(H,38,41)/t28-,30-/m0/s1. The molecule has 0 saturated carbocycles. The highest BCUT2D eigenvalue weighted by Gasteiger charge is 2.32. The van der Waals surface area contributed by atoms with Gasteiger partial charge in [-0.2, -0.15) is 13.2 Å². The maximum absolute atomic E-state index is 13.8. The number of carbonyl (C=O) groups excluding carboxylic acids is 1. The second-order valence-corrected chi connectivity index (χ2v) is 13.4. The molecule has 1 heterocycles. The Morgan fingerprint density at radius 2 is 1.78 bits per heavy atom. The van der Waals surface area contributed by atoms with Crippen molar-refractivity contribution < 1.29 is 36.9 Å². The summed E-state index contributed by atoms with van der Waals surface area (Å²) in [6.45, 7) is 2.51. The van der Waals surface area contributed by atoms with E-state index >= 15 is 0 Å². The van der Waals surface area contributed by atoms with Crippen molar-refractivity contribution in [3.8, 4) is 5.75 Å². The first kappa shape index (κ1) is 34.6. The fourth-order valence-corrected chi connectivity index (χ4v) is 7.22. The predicted molar refractivity (Wildman–Crippen MR) is 172 cm³/mol. The average molecular weight is 650 g/mol. The Labute approximate surface area is 264 Å². The first-order valence-corrected chi connectivity index (χ1v) is 16.7. The third-order valence-corrected chi connectivity index (χ3v) is 9.72. The second-order valence-electron chi connectivity index (χ2n) is 11.2. The van der Waals surface area contributed by atoms with Gasteiger partial charge in [-0.3, -0.25) is 18.2 Å². The van der Waals surface area contributed by atoms with E-state index in [0.29, 0.717) is 42.8 Å². The summed E-state index contributed by atoms with van der Waals surface area (Å²) in [5.74, 6) is 0.270. The molecule has 1 amide bonds. The van der Waals surface area contributed by atoms with Gasteiger partial charge in [0.1, 0.15) is 5.75 Å². The number of aliphatic hydroxyl groups excluding tert-OH is 1. The van der Waals surface area contributed by atoms with Crippen LogP contribution in [-0.2, 0) is 25.6 Å². The Kier molecular flexibility index (Phi) is 11.8. The van der Waals surface area contributed by atoms with Gasteiger partial charge in [0.05, 0.1) is 36.3 Å². The highest BCUT2D eigenvalue weighted by molar-refractivity contribution is 8.25. The summed E-state index contributed by atoms with van der Waals surface area (Å²) in [5, 5.41) is 17.2. The van der Waals surface area contributed by atoms with E-state index in [4.69, 9.17) is 4.74 Å². The molecule has 1 saturated heterocycles. The van der Waals surface area contributed by atoms with Crippen LogP contribution in [0, 0.1) is 0 Å². The number of aryl methyl sites for hydroxylation is 1. The zero-order chi connectivity index (χ0) is 32.6. The summed E-state index contributed by atoms with van der Waals surface area (Å²) in [6.07, 6.45) is -2.42. The Morgan fingerprint density at radius 1 is 1.04 bits per heavy atom. The molecule has 246 valence electrons. The van der Waals surface area contributed by atoms with Gasteiger partial charge < -0.3 is 20.5 Å². The molecule has 3 aromatic rings. The summed E-state index contributed by atoms with van der Waals surface area (Å²) in [5.41, 5.74) is 2.03. The molecule has 0 unspecified atom stereocenters. The van der Waals surface area contributed by atoms with Crippen molar-refractivity contribution in [2.24, 2.45) is 0 Å². The van der Waals surface area contributed by atoms with E-state index in [1.54, 1.807) is 22.5 Å². The molecule has 1 aliphatic rings. The van der Waals surface area contributed by atoms with Gasteiger partial charge in [-0.1, -0.05) is 61.9 Å². The molecule has 0 aliphatic carbocycles. The van der Waals surface area contributed by atoms with E-state index in [2.05, 4.69) is 10.6 Å². The maximum Gasteiger partial charge on any atom is 0.416 e. The number of aliphatic hydroxyl groups is 1. The summed E-state index contributed by atoms with van der Waals surface area (Å²) >= 11 is 0. The van der Waals surface area contributed by atoms with Crippen molar-refractivity contribution in [1.29, 1.82) is 0 Å². The van der Waals surface area contributed by atoms with Gasteiger partial charge in [-0.05, 0) is 60.6 Å². The number of benzene rings is 3. The number of hydrogen-bond acceptors (Lipinski definition) is 7. The lowest BCUT2D eigenvalue weighted by atomic mass is 9.99. The molecule has 0 bridgehead atoms. The quantitative estimate of drug-likeness (QED) is 0.145. The molecule has 4 rings (SSSR count). The number of halogens is 3. The number of hydrogen-bond donors (Lipinski definition) is 5. The normalized spacial score (nSPS) is 16.9. The highest BCUT2D eigenvalue weighted by Crippen LogP contribution is 2.52. The van der Waals surface area contributed by atoms with Crippen LogP contribution in [0.15, 0.2) is 66.7 Å². The minimum atomic E-state index is -4.45. The third kappa shape index (κ3) is 9.14. The van der Waals surface area contributed by atoms with Crippen LogP contribution in [0.4, 0.5) is 18.9 Å². The molecule has 0 radical (unpaired) electrons. The number of rotatable bonds is 13. The summed E-state index contributed by atoms with van der Waals surface area (Å²) in [7, 11) is -1.57. The van der Waals surface area contributed by atoms with E-state index < -0.39 is 40.6 Å².